The van der Waals surface area contributed by atoms with Crippen molar-refractivity contribution in [3.63, 3.8) is 0 Å². The number of hydrogen-bond acceptors (Lipinski definition) is 6. The standard InChI is InChI=1S/C10H15N3O5S/c1-2-8(7-19(11,16)17)6-18-9-4-3-5-12-10(9)13(14)15/h3-5,8H,2,6-7H2,1H3,(H2,11,16,17). The predicted octanol–water partition coefficient (Wildman–Crippen LogP) is 0.683. The molecule has 106 valence electrons. The van der Waals surface area contributed by atoms with Gasteiger partial charge in [0, 0.05) is 5.92 Å². The molecule has 0 aromatic carbocycles. The summed E-state index contributed by atoms with van der Waals surface area (Å²) in [5.41, 5.74) is 0. The van der Waals surface area contributed by atoms with E-state index in [4.69, 9.17) is 9.88 Å². The molecule has 2 N–H and O–H groups in total. The molecule has 0 aliphatic carbocycles. The summed E-state index contributed by atoms with van der Waals surface area (Å²) in [6.07, 6.45) is 1.82. The fourth-order valence-electron chi connectivity index (χ4n) is 1.45. The van der Waals surface area contributed by atoms with Crippen LogP contribution in [-0.2, 0) is 10.0 Å². The van der Waals surface area contributed by atoms with E-state index >= 15 is 0 Å². The molecule has 0 saturated carbocycles. The summed E-state index contributed by atoms with van der Waals surface area (Å²) in [5.74, 6) is -0.930. The third kappa shape index (κ3) is 5.18. The molecule has 0 radical (unpaired) electrons. The van der Waals surface area contributed by atoms with Crippen LogP contribution in [0.25, 0.3) is 0 Å². The highest BCUT2D eigenvalue weighted by Gasteiger charge is 2.19. The molecule has 0 aliphatic rings. The maximum absolute atomic E-state index is 11.0. The highest BCUT2D eigenvalue weighted by molar-refractivity contribution is 7.89. The quantitative estimate of drug-likeness (QED) is 0.581. The maximum Gasteiger partial charge on any atom is 0.406 e. The number of pyridine rings is 1. The van der Waals surface area contributed by atoms with Crippen LogP contribution >= 0.6 is 0 Å². The maximum atomic E-state index is 11.0. The molecule has 1 aromatic heterocycles. The van der Waals surface area contributed by atoms with Gasteiger partial charge in [0.15, 0.2) is 0 Å². The first kappa shape index (κ1) is 15.3. The summed E-state index contributed by atoms with van der Waals surface area (Å²) >= 11 is 0. The van der Waals surface area contributed by atoms with Gasteiger partial charge in [0.05, 0.1) is 12.4 Å². The highest BCUT2D eigenvalue weighted by Crippen LogP contribution is 2.23. The number of nitro groups is 1. The van der Waals surface area contributed by atoms with Gasteiger partial charge in [-0.15, -0.1) is 0 Å². The Morgan fingerprint density at radius 1 is 1.58 bits per heavy atom. The highest BCUT2D eigenvalue weighted by atomic mass is 32.2. The van der Waals surface area contributed by atoms with E-state index < -0.39 is 20.8 Å². The van der Waals surface area contributed by atoms with E-state index in [0.717, 1.165) is 0 Å². The van der Waals surface area contributed by atoms with E-state index in [1.54, 1.807) is 6.92 Å². The molecule has 0 spiro atoms. The molecule has 1 heterocycles. The van der Waals surface area contributed by atoms with Crippen molar-refractivity contribution in [2.45, 2.75) is 13.3 Å². The second kappa shape index (κ2) is 6.43. The summed E-state index contributed by atoms with van der Waals surface area (Å²) < 4.78 is 27.3. The molecule has 19 heavy (non-hydrogen) atoms. The number of nitrogens with two attached hydrogens (primary N) is 1. The summed E-state index contributed by atoms with van der Waals surface area (Å²) in [5, 5.41) is 15.7. The topological polar surface area (TPSA) is 125 Å². The Hall–Kier alpha value is -1.74. The first-order chi connectivity index (χ1) is 8.83. The van der Waals surface area contributed by atoms with Crippen molar-refractivity contribution in [3.8, 4) is 5.75 Å². The van der Waals surface area contributed by atoms with Crippen molar-refractivity contribution in [2.24, 2.45) is 11.1 Å². The van der Waals surface area contributed by atoms with Crippen molar-refractivity contribution in [3.05, 3.63) is 28.4 Å². The molecule has 9 heteroatoms. The van der Waals surface area contributed by atoms with E-state index in [0.29, 0.717) is 6.42 Å². The number of aromatic nitrogens is 1. The van der Waals surface area contributed by atoms with Crippen LogP contribution in [0.1, 0.15) is 13.3 Å². The summed E-state index contributed by atoms with van der Waals surface area (Å²) in [7, 11) is -3.60. The van der Waals surface area contributed by atoms with Crippen molar-refractivity contribution < 1.29 is 18.1 Å². The lowest BCUT2D eigenvalue weighted by Gasteiger charge is -2.14. The molecule has 0 fully saturated rings. The fraction of sp³-hybridized carbons (Fsp3) is 0.500. The molecule has 0 saturated heterocycles. The average molecular weight is 289 g/mol. The van der Waals surface area contributed by atoms with E-state index in [1.807, 2.05) is 0 Å². The largest absolute Gasteiger partial charge is 0.485 e. The van der Waals surface area contributed by atoms with Crippen LogP contribution in [0, 0.1) is 16.0 Å². The molecule has 0 aliphatic heterocycles. The Morgan fingerprint density at radius 2 is 2.26 bits per heavy atom. The third-order valence-corrected chi connectivity index (χ3v) is 3.38. The number of ether oxygens (including phenoxy) is 1. The molecule has 1 rings (SSSR count). The molecule has 1 aromatic rings. The van der Waals surface area contributed by atoms with Crippen LogP contribution < -0.4 is 9.88 Å². The van der Waals surface area contributed by atoms with Gasteiger partial charge in [-0.25, -0.2) is 13.6 Å². The Balaban J connectivity index is 2.73. The van der Waals surface area contributed by atoms with Gasteiger partial charge in [-0.3, -0.25) is 0 Å². The molecule has 1 unspecified atom stereocenters. The van der Waals surface area contributed by atoms with E-state index in [1.165, 1.54) is 18.3 Å². The SMILES string of the molecule is CCC(COc1cccnc1[N+](=O)[O-])CS(N)(=O)=O. The van der Waals surface area contributed by atoms with E-state index in [9.17, 15) is 18.5 Å². The second-order valence-electron chi connectivity index (χ2n) is 4.00. The summed E-state index contributed by atoms with van der Waals surface area (Å²) in [6, 6.07) is 2.91. The van der Waals surface area contributed by atoms with Crippen LogP contribution in [0.4, 0.5) is 5.82 Å². The van der Waals surface area contributed by atoms with E-state index in [-0.39, 0.29) is 24.0 Å². The zero-order valence-electron chi connectivity index (χ0n) is 10.4. The first-order valence-corrected chi connectivity index (χ1v) is 7.27. The molecule has 0 amide bonds. The van der Waals surface area contributed by atoms with Crippen LogP contribution in [0.15, 0.2) is 18.3 Å². The number of rotatable bonds is 7. The van der Waals surface area contributed by atoms with Gasteiger partial charge in [-0.05, 0) is 28.5 Å². The lowest BCUT2D eigenvalue weighted by Crippen LogP contribution is -2.26. The van der Waals surface area contributed by atoms with Crippen LogP contribution in [0.3, 0.4) is 0 Å². The zero-order valence-corrected chi connectivity index (χ0v) is 11.2. The molecular formula is C10H15N3O5S. The van der Waals surface area contributed by atoms with Gasteiger partial charge in [-0.2, -0.15) is 0 Å². The summed E-state index contributed by atoms with van der Waals surface area (Å²) in [6.45, 7) is 1.82. The Morgan fingerprint density at radius 3 is 2.79 bits per heavy atom. The van der Waals surface area contributed by atoms with Gasteiger partial charge in [-0.1, -0.05) is 6.92 Å². The Kier molecular flexibility index (Phi) is 5.19. The van der Waals surface area contributed by atoms with Crippen LogP contribution in [0.5, 0.6) is 5.75 Å². The monoisotopic (exact) mass is 289 g/mol. The number of primary sulfonamides is 1. The van der Waals surface area contributed by atoms with Gasteiger partial charge in [0.25, 0.3) is 0 Å². The number of nitrogens with zero attached hydrogens (tertiary/aromatic N) is 2. The molecular weight excluding hydrogens is 274 g/mol. The third-order valence-electron chi connectivity index (χ3n) is 2.44. The van der Waals surface area contributed by atoms with Crippen molar-refractivity contribution in [2.75, 3.05) is 12.4 Å². The van der Waals surface area contributed by atoms with Gasteiger partial charge >= 0.3 is 5.82 Å². The van der Waals surface area contributed by atoms with Gasteiger partial charge in [0.2, 0.25) is 15.8 Å². The fourth-order valence-corrected chi connectivity index (χ4v) is 2.44. The minimum atomic E-state index is -3.60. The average Bonchev–Trinajstić information content (AvgIpc) is 2.33. The minimum Gasteiger partial charge on any atom is -0.485 e. The molecule has 0 bridgehead atoms. The smallest absolute Gasteiger partial charge is 0.406 e. The normalized spacial score (nSPS) is 12.9. The lowest BCUT2D eigenvalue weighted by molar-refractivity contribution is -0.390. The Bertz CT molecular complexity index is 546. The lowest BCUT2D eigenvalue weighted by atomic mass is 10.1. The molecule has 8 nitrogen and oxygen atoms in total. The van der Waals surface area contributed by atoms with Crippen LogP contribution in [-0.4, -0.2) is 30.7 Å². The van der Waals surface area contributed by atoms with E-state index in [2.05, 4.69) is 4.98 Å². The second-order valence-corrected chi connectivity index (χ2v) is 5.66. The van der Waals surface area contributed by atoms with Crippen molar-refractivity contribution >= 4 is 15.8 Å². The zero-order chi connectivity index (χ0) is 14.5. The van der Waals surface area contributed by atoms with Crippen molar-refractivity contribution in [1.29, 1.82) is 0 Å². The number of hydrogen-bond donors (Lipinski definition) is 1. The minimum absolute atomic E-state index is 0.0142. The van der Waals surface area contributed by atoms with Gasteiger partial charge in [0.1, 0.15) is 6.20 Å². The number of sulfonamides is 1. The van der Waals surface area contributed by atoms with Crippen molar-refractivity contribution in [1.82, 2.24) is 4.98 Å². The first-order valence-electron chi connectivity index (χ1n) is 5.56. The summed E-state index contributed by atoms with van der Waals surface area (Å²) in [4.78, 5) is 13.6. The van der Waals surface area contributed by atoms with Crippen LogP contribution in [0.2, 0.25) is 0 Å². The Labute approximate surface area is 110 Å². The van der Waals surface area contributed by atoms with Gasteiger partial charge < -0.3 is 14.9 Å². The predicted molar refractivity (Wildman–Crippen MR) is 68.1 cm³/mol. The molecule has 1 atom stereocenters.